The number of hydrogen-bond acceptors (Lipinski definition) is 5. The van der Waals surface area contributed by atoms with Crippen LogP contribution in [0.15, 0.2) is 0 Å². The number of nitrogens with two attached hydrogens (primary N) is 1. The highest BCUT2D eigenvalue weighted by Gasteiger charge is 2.25. The van der Waals surface area contributed by atoms with E-state index in [4.69, 9.17) is 15.6 Å². The molecule has 8 heteroatoms. The highest BCUT2D eigenvalue weighted by atomic mass is 32.2. The lowest BCUT2D eigenvalue weighted by molar-refractivity contribution is -0.137. The van der Waals surface area contributed by atoms with Crippen LogP contribution in [0.5, 0.6) is 0 Å². The molecule has 0 aromatic carbocycles. The van der Waals surface area contributed by atoms with E-state index in [9.17, 15) is 13.2 Å². The maximum Gasteiger partial charge on any atom is 0.321 e. The number of hydrogen-bond donors (Lipinski definition) is 3. The fraction of sp³-hybridized carbons (Fsp3) is 0.875. The Morgan fingerprint density at radius 3 is 2.56 bits per heavy atom. The molecule has 1 unspecified atom stereocenters. The van der Waals surface area contributed by atoms with Gasteiger partial charge in [-0.25, -0.2) is 13.1 Å². The zero-order chi connectivity index (χ0) is 12.2. The third-order valence-corrected chi connectivity index (χ3v) is 3.77. The second-order valence-electron chi connectivity index (χ2n) is 3.73. The summed E-state index contributed by atoms with van der Waals surface area (Å²) in [5.74, 6) is -1.92. The Bertz CT molecular complexity index is 336. The molecule has 1 heterocycles. The molecular formula is C8H16N2O5S. The van der Waals surface area contributed by atoms with Gasteiger partial charge in [0.1, 0.15) is 6.04 Å². The van der Waals surface area contributed by atoms with Crippen molar-refractivity contribution < 1.29 is 23.1 Å². The molecule has 1 aliphatic rings. The van der Waals surface area contributed by atoms with Crippen molar-refractivity contribution in [3.05, 3.63) is 0 Å². The Hall–Kier alpha value is -0.700. The SMILES string of the molecule is NC(CS(=O)(=O)NC1CCOCC1)C(=O)O. The highest BCUT2D eigenvalue weighted by molar-refractivity contribution is 7.89. The van der Waals surface area contributed by atoms with Crippen LogP contribution < -0.4 is 10.5 Å². The molecule has 1 fully saturated rings. The van der Waals surface area contributed by atoms with Crippen LogP contribution in [0.25, 0.3) is 0 Å². The molecule has 0 saturated carbocycles. The van der Waals surface area contributed by atoms with E-state index >= 15 is 0 Å². The summed E-state index contributed by atoms with van der Waals surface area (Å²) in [6, 6.07) is -1.57. The van der Waals surface area contributed by atoms with Gasteiger partial charge in [0.2, 0.25) is 10.0 Å². The number of carboxylic acids is 1. The van der Waals surface area contributed by atoms with Crippen LogP contribution in [0.2, 0.25) is 0 Å². The number of rotatable bonds is 5. The Morgan fingerprint density at radius 2 is 2.06 bits per heavy atom. The van der Waals surface area contributed by atoms with E-state index in [0.717, 1.165) is 0 Å². The summed E-state index contributed by atoms with van der Waals surface area (Å²) in [4.78, 5) is 10.4. The van der Waals surface area contributed by atoms with Crippen molar-refractivity contribution in [2.75, 3.05) is 19.0 Å². The minimum atomic E-state index is -3.64. The van der Waals surface area contributed by atoms with Gasteiger partial charge in [0, 0.05) is 19.3 Å². The van der Waals surface area contributed by atoms with Crippen LogP contribution in [0.1, 0.15) is 12.8 Å². The Labute approximate surface area is 94.0 Å². The molecule has 4 N–H and O–H groups in total. The van der Waals surface area contributed by atoms with Crippen molar-refractivity contribution in [1.82, 2.24) is 4.72 Å². The van der Waals surface area contributed by atoms with E-state index in [1.807, 2.05) is 0 Å². The van der Waals surface area contributed by atoms with Crippen LogP contribution in [0, 0.1) is 0 Å². The molecule has 1 saturated heterocycles. The molecule has 1 atom stereocenters. The summed E-state index contributed by atoms with van der Waals surface area (Å²) in [7, 11) is -3.64. The van der Waals surface area contributed by atoms with E-state index in [0.29, 0.717) is 26.1 Å². The van der Waals surface area contributed by atoms with E-state index in [2.05, 4.69) is 4.72 Å². The topological polar surface area (TPSA) is 119 Å². The summed E-state index contributed by atoms with van der Waals surface area (Å²) in [6.45, 7) is 1.02. The fourth-order valence-electron chi connectivity index (χ4n) is 1.43. The predicted octanol–water partition coefficient (Wildman–Crippen LogP) is -1.50. The average molecular weight is 252 g/mol. The van der Waals surface area contributed by atoms with Crippen LogP contribution in [-0.2, 0) is 19.6 Å². The summed E-state index contributed by atoms with van der Waals surface area (Å²) < 4.78 is 30.5. The first-order chi connectivity index (χ1) is 7.41. The number of ether oxygens (including phenoxy) is 1. The molecule has 1 aliphatic heterocycles. The van der Waals surface area contributed by atoms with Gasteiger partial charge in [0.15, 0.2) is 0 Å². The van der Waals surface area contributed by atoms with E-state index in [1.54, 1.807) is 0 Å². The minimum Gasteiger partial charge on any atom is -0.480 e. The molecule has 0 aromatic heterocycles. The number of aliphatic carboxylic acids is 1. The van der Waals surface area contributed by atoms with Crippen LogP contribution in [0.4, 0.5) is 0 Å². The number of sulfonamides is 1. The second-order valence-corrected chi connectivity index (χ2v) is 5.53. The lowest BCUT2D eigenvalue weighted by atomic mass is 10.1. The average Bonchev–Trinajstić information content (AvgIpc) is 2.17. The normalized spacial score (nSPS) is 20.6. The zero-order valence-corrected chi connectivity index (χ0v) is 9.57. The van der Waals surface area contributed by atoms with Gasteiger partial charge in [-0.3, -0.25) is 4.79 Å². The minimum absolute atomic E-state index is 0.181. The molecule has 0 amide bonds. The van der Waals surface area contributed by atoms with Gasteiger partial charge in [-0.15, -0.1) is 0 Å². The Kier molecular flexibility index (Phi) is 4.66. The number of carbonyl (C=O) groups is 1. The maximum absolute atomic E-state index is 11.5. The van der Waals surface area contributed by atoms with Crippen molar-refractivity contribution >= 4 is 16.0 Å². The van der Waals surface area contributed by atoms with Crippen molar-refractivity contribution in [1.29, 1.82) is 0 Å². The molecule has 1 rings (SSSR count). The summed E-state index contributed by atoms with van der Waals surface area (Å²) >= 11 is 0. The van der Waals surface area contributed by atoms with Crippen LogP contribution in [0.3, 0.4) is 0 Å². The fourth-order valence-corrected chi connectivity index (χ4v) is 2.88. The van der Waals surface area contributed by atoms with E-state index < -0.39 is 27.8 Å². The number of nitrogens with one attached hydrogen (secondary N) is 1. The largest absolute Gasteiger partial charge is 0.480 e. The lowest BCUT2D eigenvalue weighted by Crippen LogP contribution is -2.46. The van der Waals surface area contributed by atoms with Gasteiger partial charge in [-0.05, 0) is 12.8 Å². The predicted molar refractivity (Wildman–Crippen MR) is 56.4 cm³/mol. The van der Waals surface area contributed by atoms with Gasteiger partial charge >= 0.3 is 5.97 Å². The second kappa shape index (κ2) is 5.58. The first-order valence-corrected chi connectivity index (χ1v) is 6.62. The lowest BCUT2D eigenvalue weighted by Gasteiger charge is -2.23. The monoisotopic (exact) mass is 252 g/mol. The summed E-state index contributed by atoms with van der Waals surface area (Å²) in [5.41, 5.74) is 5.16. The van der Waals surface area contributed by atoms with Crippen LogP contribution >= 0.6 is 0 Å². The van der Waals surface area contributed by atoms with Crippen molar-refractivity contribution in [3.63, 3.8) is 0 Å². The molecule has 0 aromatic rings. The van der Waals surface area contributed by atoms with Crippen LogP contribution in [-0.4, -0.2) is 50.5 Å². The van der Waals surface area contributed by atoms with E-state index in [1.165, 1.54) is 0 Å². The standard InChI is InChI=1S/C8H16N2O5S/c9-7(8(11)12)5-16(13,14)10-6-1-3-15-4-2-6/h6-7,10H,1-5,9H2,(H,11,12). The quantitative estimate of drug-likeness (QED) is 0.547. The first kappa shape index (κ1) is 13.4. The molecule has 7 nitrogen and oxygen atoms in total. The first-order valence-electron chi connectivity index (χ1n) is 4.97. The van der Waals surface area contributed by atoms with Gasteiger partial charge in [0.05, 0.1) is 5.75 Å². The molecule has 0 aliphatic carbocycles. The van der Waals surface area contributed by atoms with E-state index in [-0.39, 0.29) is 6.04 Å². The zero-order valence-electron chi connectivity index (χ0n) is 8.76. The van der Waals surface area contributed by atoms with Gasteiger partial charge in [-0.1, -0.05) is 0 Å². The summed E-state index contributed by atoms with van der Waals surface area (Å²) in [5, 5.41) is 8.51. The van der Waals surface area contributed by atoms with Gasteiger partial charge < -0.3 is 15.6 Å². The molecule has 94 valence electrons. The molecular weight excluding hydrogens is 236 g/mol. The van der Waals surface area contributed by atoms with Crippen molar-refractivity contribution in [2.45, 2.75) is 24.9 Å². The van der Waals surface area contributed by atoms with Gasteiger partial charge in [-0.2, -0.15) is 0 Å². The maximum atomic E-state index is 11.5. The third-order valence-electron chi connectivity index (χ3n) is 2.28. The molecule has 0 spiro atoms. The van der Waals surface area contributed by atoms with Crippen molar-refractivity contribution in [3.8, 4) is 0 Å². The van der Waals surface area contributed by atoms with Gasteiger partial charge in [0.25, 0.3) is 0 Å². The smallest absolute Gasteiger partial charge is 0.321 e. The molecule has 16 heavy (non-hydrogen) atoms. The summed E-state index contributed by atoms with van der Waals surface area (Å²) in [6.07, 6.45) is 1.20. The Morgan fingerprint density at radius 1 is 1.50 bits per heavy atom. The molecule has 0 radical (unpaired) electrons. The Balaban J connectivity index is 2.47. The molecule has 0 bridgehead atoms. The number of carboxylic acid groups (broad SMARTS) is 1. The third kappa shape index (κ3) is 4.44. The van der Waals surface area contributed by atoms with Crippen molar-refractivity contribution in [2.24, 2.45) is 5.73 Å². The highest BCUT2D eigenvalue weighted by Crippen LogP contribution is 2.07.